The maximum Gasteiger partial charge on any atom is 0.169 e. The van der Waals surface area contributed by atoms with Crippen molar-refractivity contribution in [3.63, 3.8) is 0 Å². The van der Waals surface area contributed by atoms with Crippen LogP contribution in [-0.2, 0) is 0 Å². The van der Waals surface area contributed by atoms with E-state index in [0.29, 0.717) is 23.7 Å². The Hall–Kier alpha value is -1.67. The van der Waals surface area contributed by atoms with Crippen molar-refractivity contribution in [3.05, 3.63) is 17.8 Å². The first kappa shape index (κ1) is 10.5. The van der Waals surface area contributed by atoms with Gasteiger partial charge < -0.3 is 10.6 Å². The lowest BCUT2D eigenvalue weighted by Gasteiger charge is -2.38. The average Bonchev–Trinajstić information content (AvgIpc) is 2.61. The van der Waals surface area contributed by atoms with Gasteiger partial charge in [0.2, 0.25) is 0 Å². The van der Waals surface area contributed by atoms with Crippen molar-refractivity contribution >= 4 is 5.82 Å². The molecule has 0 aromatic carbocycles. The largest absolute Gasteiger partial charge is 0.348 e. The Morgan fingerprint density at radius 1 is 1.35 bits per heavy atom. The topological polar surface area (TPSA) is 78.8 Å². The number of hydrogen-bond acceptors (Lipinski definition) is 5. The molecule has 2 unspecified atom stereocenters. The molecule has 5 nitrogen and oxygen atoms in total. The molecule has 1 aromatic heterocycles. The highest BCUT2D eigenvalue weighted by Crippen LogP contribution is 2.38. The van der Waals surface area contributed by atoms with E-state index in [2.05, 4.69) is 21.2 Å². The third-order valence-corrected chi connectivity index (χ3v) is 3.84. The van der Waals surface area contributed by atoms with Crippen molar-refractivity contribution in [3.8, 4) is 6.07 Å². The van der Waals surface area contributed by atoms with Gasteiger partial charge >= 0.3 is 0 Å². The summed E-state index contributed by atoms with van der Waals surface area (Å²) in [6, 6.07) is 5.10. The van der Waals surface area contributed by atoms with Crippen molar-refractivity contribution in [1.82, 2.24) is 10.2 Å². The Bertz CT molecular complexity index is 452. The second-order valence-electron chi connectivity index (χ2n) is 4.90. The average molecular weight is 229 g/mol. The lowest BCUT2D eigenvalue weighted by Crippen LogP contribution is -2.48. The van der Waals surface area contributed by atoms with Gasteiger partial charge in [-0.25, -0.2) is 0 Å². The molecule has 88 valence electrons. The molecule has 2 aliphatic rings. The van der Waals surface area contributed by atoms with E-state index in [-0.39, 0.29) is 0 Å². The molecule has 0 saturated carbocycles. The predicted molar refractivity (Wildman–Crippen MR) is 63.2 cm³/mol. The second kappa shape index (κ2) is 3.97. The van der Waals surface area contributed by atoms with Crippen LogP contribution >= 0.6 is 0 Å². The summed E-state index contributed by atoms with van der Waals surface area (Å²) in [6.45, 7) is 0. The van der Waals surface area contributed by atoms with Gasteiger partial charge in [0.1, 0.15) is 6.07 Å². The molecule has 2 aliphatic heterocycles. The predicted octanol–water partition coefficient (Wildman–Crippen LogP) is 0.807. The third-order valence-electron chi connectivity index (χ3n) is 3.84. The van der Waals surface area contributed by atoms with Crippen LogP contribution in [0.15, 0.2) is 12.3 Å². The lowest BCUT2D eigenvalue weighted by molar-refractivity contribution is 0.411. The smallest absolute Gasteiger partial charge is 0.169 e. The number of nitrogens with zero attached hydrogens (tertiary/aromatic N) is 4. The second-order valence-corrected chi connectivity index (χ2v) is 4.90. The molecule has 2 saturated heterocycles. The molecule has 0 radical (unpaired) electrons. The van der Waals surface area contributed by atoms with Crippen molar-refractivity contribution in [2.75, 3.05) is 4.90 Å². The fourth-order valence-electron chi connectivity index (χ4n) is 3.17. The van der Waals surface area contributed by atoms with Gasteiger partial charge in [0, 0.05) is 18.1 Å². The van der Waals surface area contributed by atoms with Crippen LogP contribution in [0.1, 0.15) is 31.2 Å². The van der Waals surface area contributed by atoms with Crippen LogP contribution in [0, 0.1) is 11.3 Å². The molecule has 0 amide bonds. The Kier molecular flexibility index (Phi) is 2.45. The van der Waals surface area contributed by atoms with Crippen LogP contribution in [0.2, 0.25) is 0 Å². The first-order valence-electron chi connectivity index (χ1n) is 6.05. The molecule has 2 atom stereocenters. The van der Waals surface area contributed by atoms with Gasteiger partial charge in [-0.15, -0.1) is 5.10 Å². The van der Waals surface area contributed by atoms with Crippen LogP contribution < -0.4 is 10.6 Å². The molecule has 3 heterocycles. The molecular weight excluding hydrogens is 214 g/mol. The Balaban J connectivity index is 1.98. The first-order chi connectivity index (χ1) is 8.29. The highest BCUT2D eigenvalue weighted by atomic mass is 15.3. The van der Waals surface area contributed by atoms with Gasteiger partial charge in [0.25, 0.3) is 0 Å². The zero-order valence-corrected chi connectivity index (χ0v) is 9.58. The molecule has 17 heavy (non-hydrogen) atoms. The fourth-order valence-corrected chi connectivity index (χ4v) is 3.17. The van der Waals surface area contributed by atoms with E-state index in [4.69, 9.17) is 11.0 Å². The van der Waals surface area contributed by atoms with Gasteiger partial charge in [-0.2, -0.15) is 10.4 Å². The maximum absolute atomic E-state index is 9.12. The summed E-state index contributed by atoms with van der Waals surface area (Å²) in [6.07, 6.45) is 5.87. The number of rotatable bonds is 1. The van der Waals surface area contributed by atoms with Gasteiger partial charge in [-0.05, 0) is 31.7 Å². The zero-order chi connectivity index (χ0) is 11.8. The quantitative estimate of drug-likeness (QED) is 0.770. The van der Waals surface area contributed by atoms with Crippen molar-refractivity contribution in [2.24, 2.45) is 5.73 Å². The van der Waals surface area contributed by atoms with Crippen molar-refractivity contribution in [2.45, 2.75) is 43.8 Å². The number of fused-ring (bicyclic) bond motifs is 2. The minimum atomic E-state index is 0.297. The number of anilines is 1. The summed E-state index contributed by atoms with van der Waals surface area (Å²) >= 11 is 0. The summed E-state index contributed by atoms with van der Waals surface area (Å²) in [4.78, 5) is 2.27. The van der Waals surface area contributed by atoms with Crippen molar-refractivity contribution < 1.29 is 0 Å². The number of nitriles is 1. The minimum Gasteiger partial charge on any atom is -0.348 e. The third kappa shape index (κ3) is 1.65. The molecule has 0 spiro atoms. The van der Waals surface area contributed by atoms with E-state index in [9.17, 15) is 0 Å². The number of aromatic nitrogens is 2. The summed E-state index contributed by atoms with van der Waals surface area (Å²) in [5.74, 6) is 0.745. The Morgan fingerprint density at radius 3 is 2.71 bits per heavy atom. The molecule has 2 fully saturated rings. The molecule has 2 N–H and O–H groups in total. The molecule has 3 rings (SSSR count). The van der Waals surface area contributed by atoms with Crippen LogP contribution in [0.25, 0.3) is 0 Å². The van der Waals surface area contributed by atoms with Gasteiger partial charge in [0.05, 0.1) is 11.8 Å². The minimum absolute atomic E-state index is 0.297. The highest BCUT2D eigenvalue weighted by Gasteiger charge is 2.41. The van der Waals surface area contributed by atoms with Gasteiger partial charge in [0.15, 0.2) is 5.82 Å². The van der Waals surface area contributed by atoms with Crippen LogP contribution in [0.4, 0.5) is 5.82 Å². The van der Waals surface area contributed by atoms with E-state index >= 15 is 0 Å². The van der Waals surface area contributed by atoms with Crippen molar-refractivity contribution in [1.29, 1.82) is 5.26 Å². The van der Waals surface area contributed by atoms with E-state index in [1.807, 2.05) is 0 Å². The van der Waals surface area contributed by atoms with Gasteiger partial charge in [-0.3, -0.25) is 0 Å². The standard InChI is InChI=1S/C12H15N5/c13-7-8-3-4-15-16-12(8)17-10-1-2-11(17)6-9(14)5-10/h3-4,9-11H,1-2,5-6,14H2. The molecular formula is C12H15N5. The normalized spacial score (nSPS) is 31.3. The number of nitrogens with two attached hydrogens (primary N) is 1. The monoisotopic (exact) mass is 229 g/mol. The lowest BCUT2D eigenvalue weighted by atomic mass is 9.98. The summed E-state index contributed by atoms with van der Waals surface area (Å²) < 4.78 is 0. The van der Waals surface area contributed by atoms with Crippen LogP contribution in [0.5, 0.6) is 0 Å². The van der Waals surface area contributed by atoms with E-state index in [1.54, 1.807) is 12.3 Å². The summed E-state index contributed by atoms with van der Waals surface area (Å²) in [5.41, 5.74) is 6.66. The summed E-state index contributed by atoms with van der Waals surface area (Å²) in [5, 5.41) is 17.2. The fraction of sp³-hybridized carbons (Fsp3) is 0.583. The first-order valence-corrected chi connectivity index (χ1v) is 6.05. The molecule has 0 aliphatic carbocycles. The molecule has 1 aromatic rings. The summed E-state index contributed by atoms with van der Waals surface area (Å²) in [7, 11) is 0. The maximum atomic E-state index is 9.12. The van der Waals surface area contributed by atoms with E-state index < -0.39 is 0 Å². The number of piperidine rings is 1. The van der Waals surface area contributed by atoms with E-state index in [1.165, 1.54) is 0 Å². The Labute approximate surface area is 100 Å². The van der Waals surface area contributed by atoms with Gasteiger partial charge in [-0.1, -0.05) is 0 Å². The SMILES string of the molecule is N#Cc1ccnnc1N1C2CCC1CC(N)C2. The Morgan fingerprint density at radius 2 is 2.06 bits per heavy atom. The number of hydrogen-bond donors (Lipinski definition) is 1. The highest BCUT2D eigenvalue weighted by molar-refractivity contribution is 5.55. The molecule has 5 heteroatoms. The van der Waals surface area contributed by atoms with Crippen LogP contribution in [0.3, 0.4) is 0 Å². The molecule has 2 bridgehead atoms. The van der Waals surface area contributed by atoms with Crippen LogP contribution in [-0.4, -0.2) is 28.3 Å². The van der Waals surface area contributed by atoms with E-state index in [0.717, 1.165) is 31.5 Å². The zero-order valence-electron chi connectivity index (χ0n) is 9.58.